The molecule has 2 aliphatic carbocycles. The topological polar surface area (TPSA) is 66.3 Å². The van der Waals surface area contributed by atoms with Crippen LogP contribution < -0.4 is 10.2 Å². The SMILES string of the molecule is Cn1cnnc1CC1(c2cccc(N3Cc4c(cc(CN5CCN[C@H](C6CC6)C5)cc4C(F)(F)F)C3=O)c2)CC(F)(F)C1. The predicted molar refractivity (Wildman–Crippen MR) is 149 cm³/mol. The first-order chi connectivity index (χ1) is 20.4. The van der Waals surface area contributed by atoms with Crippen LogP contribution in [0.1, 0.15) is 64.1 Å². The van der Waals surface area contributed by atoms with E-state index in [9.17, 15) is 26.7 Å². The van der Waals surface area contributed by atoms with E-state index < -0.39 is 29.0 Å². The van der Waals surface area contributed by atoms with E-state index in [1.165, 1.54) is 30.1 Å². The van der Waals surface area contributed by atoms with Gasteiger partial charge in [-0.1, -0.05) is 12.1 Å². The van der Waals surface area contributed by atoms with E-state index >= 15 is 0 Å². The number of nitrogens with one attached hydrogen (secondary N) is 1. The van der Waals surface area contributed by atoms with Crippen molar-refractivity contribution in [2.45, 2.75) is 68.7 Å². The maximum atomic E-state index is 14.4. The number of benzene rings is 2. The zero-order valence-corrected chi connectivity index (χ0v) is 23.8. The van der Waals surface area contributed by atoms with E-state index in [2.05, 4.69) is 20.4 Å². The molecule has 7 nitrogen and oxygen atoms in total. The van der Waals surface area contributed by atoms with Crippen molar-refractivity contribution in [3.05, 3.63) is 76.4 Å². The number of alkyl halides is 5. The molecule has 0 unspecified atom stereocenters. The summed E-state index contributed by atoms with van der Waals surface area (Å²) in [5.74, 6) is -2.17. The second-order valence-electron chi connectivity index (χ2n) is 12.8. The Morgan fingerprint density at radius 1 is 1.12 bits per heavy atom. The summed E-state index contributed by atoms with van der Waals surface area (Å²) in [4.78, 5) is 17.2. The van der Waals surface area contributed by atoms with E-state index in [4.69, 9.17) is 0 Å². The molecule has 2 aliphatic heterocycles. The molecule has 7 rings (SSSR count). The molecule has 1 saturated heterocycles. The Hall–Kier alpha value is -3.38. The van der Waals surface area contributed by atoms with E-state index in [0.29, 0.717) is 41.1 Å². The number of piperazine rings is 1. The zero-order valence-electron chi connectivity index (χ0n) is 23.8. The number of aryl methyl sites for hydroxylation is 1. The van der Waals surface area contributed by atoms with Gasteiger partial charge in [0.25, 0.3) is 5.91 Å². The number of nitrogens with zero attached hydrogens (tertiary/aromatic N) is 5. The molecular formula is C31H33F5N6O. The van der Waals surface area contributed by atoms with E-state index in [1.807, 2.05) is 0 Å². The van der Waals surface area contributed by atoms with Gasteiger partial charge in [-0.2, -0.15) is 13.2 Å². The Morgan fingerprint density at radius 2 is 1.91 bits per heavy atom. The summed E-state index contributed by atoms with van der Waals surface area (Å²) in [6, 6.07) is 9.87. The van der Waals surface area contributed by atoms with Crippen molar-refractivity contribution in [3.8, 4) is 0 Å². The Balaban J connectivity index is 1.18. The summed E-state index contributed by atoms with van der Waals surface area (Å²) in [5, 5.41) is 11.5. The molecule has 12 heteroatoms. The first kappa shape index (κ1) is 28.4. The van der Waals surface area contributed by atoms with Gasteiger partial charge in [-0.3, -0.25) is 9.69 Å². The lowest BCUT2D eigenvalue weighted by atomic mass is 9.60. The second kappa shape index (κ2) is 10.1. The Kier molecular flexibility index (Phi) is 6.66. The van der Waals surface area contributed by atoms with Crippen molar-refractivity contribution in [1.29, 1.82) is 0 Å². The molecule has 0 bridgehead atoms. The van der Waals surface area contributed by atoms with Crippen molar-refractivity contribution in [2.24, 2.45) is 13.0 Å². The molecule has 3 heterocycles. The van der Waals surface area contributed by atoms with Crippen LogP contribution in [0.15, 0.2) is 42.7 Å². The molecule has 1 atom stereocenters. The van der Waals surface area contributed by atoms with Gasteiger partial charge in [0.2, 0.25) is 5.92 Å². The molecule has 2 saturated carbocycles. The lowest BCUT2D eigenvalue weighted by molar-refractivity contribution is -0.138. The quantitative estimate of drug-likeness (QED) is 0.383. The van der Waals surface area contributed by atoms with Gasteiger partial charge in [-0.15, -0.1) is 10.2 Å². The summed E-state index contributed by atoms with van der Waals surface area (Å²) in [6.07, 6.45) is -1.31. The van der Waals surface area contributed by atoms with Gasteiger partial charge in [0, 0.05) is 75.2 Å². The van der Waals surface area contributed by atoms with Gasteiger partial charge < -0.3 is 14.8 Å². The van der Waals surface area contributed by atoms with E-state index in [1.54, 1.807) is 41.9 Å². The minimum absolute atomic E-state index is 0.0491. The van der Waals surface area contributed by atoms with Gasteiger partial charge >= 0.3 is 6.18 Å². The van der Waals surface area contributed by atoms with Crippen LogP contribution >= 0.6 is 0 Å². The maximum absolute atomic E-state index is 14.4. The third kappa shape index (κ3) is 5.32. The Bertz CT molecular complexity index is 1560. The fraction of sp³-hybridized carbons (Fsp3) is 0.516. The Morgan fingerprint density at radius 3 is 2.58 bits per heavy atom. The van der Waals surface area contributed by atoms with Gasteiger partial charge in [-0.05, 0) is 59.7 Å². The standard InChI is InChI=1S/C31H33F5N6O/c1-40-18-38-39-27(40)12-29(16-30(32,33)17-29)21-3-2-4-22(11-21)42-14-24-23(28(42)43)9-19(10-25(24)31(34,35)36)13-41-8-7-37-26(15-41)20-5-6-20/h2-4,9-11,18,20,26,37H,5-8,12-17H2,1H3/t26-/m0/s1. The number of anilines is 1. The Labute approximate surface area is 246 Å². The third-order valence-electron chi connectivity index (χ3n) is 9.56. The highest BCUT2D eigenvalue weighted by atomic mass is 19.4. The van der Waals surface area contributed by atoms with Gasteiger partial charge in [0.1, 0.15) is 12.2 Å². The summed E-state index contributed by atoms with van der Waals surface area (Å²) in [5.41, 5.74) is -0.274. The van der Waals surface area contributed by atoms with Crippen LogP contribution in [0.2, 0.25) is 0 Å². The number of fused-ring (bicyclic) bond motifs is 1. The lowest BCUT2D eigenvalue weighted by Gasteiger charge is -2.48. The fourth-order valence-corrected chi connectivity index (χ4v) is 7.22. The highest BCUT2D eigenvalue weighted by molar-refractivity contribution is 6.10. The minimum Gasteiger partial charge on any atom is -0.321 e. The average molecular weight is 601 g/mol. The molecular weight excluding hydrogens is 567 g/mol. The summed E-state index contributed by atoms with van der Waals surface area (Å²) in [7, 11) is 1.75. The van der Waals surface area contributed by atoms with Crippen LogP contribution in [0.3, 0.4) is 0 Å². The molecule has 3 fully saturated rings. The van der Waals surface area contributed by atoms with E-state index in [-0.39, 0.29) is 36.9 Å². The number of hydrogen-bond acceptors (Lipinski definition) is 5. The number of carbonyl (C=O) groups is 1. The smallest absolute Gasteiger partial charge is 0.321 e. The highest BCUT2D eigenvalue weighted by Gasteiger charge is 2.57. The molecule has 2 aromatic carbocycles. The van der Waals surface area contributed by atoms with Crippen LogP contribution in [0, 0.1) is 5.92 Å². The largest absolute Gasteiger partial charge is 0.416 e. The van der Waals surface area contributed by atoms with Crippen molar-refractivity contribution in [3.63, 3.8) is 0 Å². The number of amides is 1. The summed E-state index contributed by atoms with van der Waals surface area (Å²) in [6.45, 7) is 2.37. The number of carbonyl (C=O) groups excluding carboxylic acids is 1. The van der Waals surface area contributed by atoms with Crippen LogP contribution in [-0.2, 0) is 38.1 Å². The number of rotatable bonds is 7. The van der Waals surface area contributed by atoms with Crippen molar-refractivity contribution < 1.29 is 26.7 Å². The van der Waals surface area contributed by atoms with Crippen LogP contribution in [0.5, 0.6) is 0 Å². The second-order valence-corrected chi connectivity index (χ2v) is 12.8. The maximum Gasteiger partial charge on any atom is 0.416 e. The van der Waals surface area contributed by atoms with Gasteiger partial charge in [0.15, 0.2) is 0 Å². The first-order valence-corrected chi connectivity index (χ1v) is 14.7. The van der Waals surface area contributed by atoms with Crippen molar-refractivity contribution in [2.75, 3.05) is 24.5 Å². The fourth-order valence-electron chi connectivity index (χ4n) is 7.22. The molecule has 1 aromatic heterocycles. The zero-order chi connectivity index (χ0) is 30.1. The summed E-state index contributed by atoms with van der Waals surface area (Å²) < 4.78 is 73.3. The average Bonchev–Trinajstić information content (AvgIpc) is 3.65. The molecule has 1 amide bonds. The molecule has 0 radical (unpaired) electrons. The van der Waals surface area contributed by atoms with E-state index in [0.717, 1.165) is 19.6 Å². The predicted octanol–water partition coefficient (Wildman–Crippen LogP) is 5.09. The van der Waals surface area contributed by atoms with Crippen LogP contribution in [0.4, 0.5) is 27.6 Å². The van der Waals surface area contributed by atoms with Gasteiger partial charge in [0.05, 0.1) is 12.1 Å². The number of halogens is 5. The van der Waals surface area contributed by atoms with Crippen molar-refractivity contribution in [1.82, 2.24) is 25.0 Å². The molecule has 228 valence electrons. The third-order valence-corrected chi connectivity index (χ3v) is 9.56. The van der Waals surface area contributed by atoms with Gasteiger partial charge in [-0.25, -0.2) is 8.78 Å². The minimum atomic E-state index is -4.63. The number of hydrogen-bond donors (Lipinski definition) is 1. The molecule has 4 aliphatic rings. The molecule has 1 N–H and O–H groups in total. The summed E-state index contributed by atoms with van der Waals surface area (Å²) >= 11 is 0. The first-order valence-electron chi connectivity index (χ1n) is 14.7. The highest BCUT2D eigenvalue weighted by Crippen LogP contribution is 2.55. The monoisotopic (exact) mass is 600 g/mol. The van der Waals surface area contributed by atoms with Crippen molar-refractivity contribution >= 4 is 11.6 Å². The number of aromatic nitrogens is 3. The molecule has 3 aromatic rings. The molecule has 0 spiro atoms. The normalized spacial score (nSPS) is 23.3. The van der Waals surface area contributed by atoms with Crippen LogP contribution in [0.25, 0.3) is 0 Å². The lowest BCUT2D eigenvalue weighted by Crippen LogP contribution is -2.51. The molecule has 43 heavy (non-hydrogen) atoms. The van der Waals surface area contributed by atoms with Crippen LogP contribution in [-0.4, -0.2) is 57.2 Å².